The van der Waals surface area contributed by atoms with Crippen LogP contribution in [0.2, 0.25) is 0 Å². The second kappa shape index (κ2) is 4.11. The Hall–Kier alpha value is -1.55. The van der Waals surface area contributed by atoms with E-state index in [1.165, 1.54) is 5.56 Å². The molecule has 2 aromatic heterocycles. The lowest BCUT2D eigenvalue weighted by Crippen LogP contribution is -2.04. The van der Waals surface area contributed by atoms with E-state index >= 15 is 0 Å². The van der Waals surface area contributed by atoms with Gasteiger partial charge in [0, 0.05) is 44.4 Å². The lowest BCUT2D eigenvalue weighted by atomic mass is 10.3. The van der Waals surface area contributed by atoms with Crippen molar-refractivity contribution in [3.63, 3.8) is 0 Å². The highest BCUT2D eigenvalue weighted by Crippen LogP contribution is 2.00. The Morgan fingerprint density at radius 3 is 2.71 bits per heavy atom. The molecule has 0 saturated carbocycles. The standard InChI is InChI=1S/C10H14N4/c11-7-10-1-3-13(8-10)5-6-14-4-2-12-9-14/h1-4,8-9H,5-7,11H2. The maximum atomic E-state index is 5.53. The van der Waals surface area contributed by atoms with Gasteiger partial charge in [0.05, 0.1) is 6.33 Å². The molecular formula is C10H14N4. The third-order valence-corrected chi connectivity index (χ3v) is 2.22. The largest absolute Gasteiger partial charge is 0.352 e. The quantitative estimate of drug-likeness (QED) is 0.776. The maximum Gasteiger partial charge on any atom is 0.0946 e. The second-order valence-electron chi connectivity index (χ2n) is 3.26. The number of hydrogen-bond donors (Lipinski definition) is 1. The van der Waals surface area contributed by atoms with Crippen LogP contribution in [-0.2, 0) is 19.6 Å². The minimum absolute atomic E-state index is 0.609. The number of nitrogens with two attached hydrogens (primary N) is 1. The first-order valence-corrected chi connectivity index (χ1v) is 4.69. The highest BCUT2D eigenvalue weighted by Gasteiger charge is 1.95. The van der Waals surface area contributed by atoms with Gasteiger partial charge in [-0.3, -0.25) is 0 Å². The second-order valence-corrected chi connectivity index (χ2v) is 3.26. The molecule has 14 heavy (non-hydrogen) atoms. The zero-order chi connectivity index (χ0) is 9.80. The molecule has 2 heterocycles. The predicted molar refractivity (Wildman–Crippen MR) is 54.6 cm³/mol. The van der Waals surface area contributed by atoms with E-state index in [4.69, 9.17) is 5.73 Å². The van der Waals surface area contributed by atoms with Crippen molar-refractivity contribution in [2.75, 3.05) is 0 Å². The monoisotopic (exact) mass is 190 g/mol. The molecular weight excluding hydrogens is 176 g/mol. The van der Waals surface area contributed by atoms with Gasteiger partial charge in [-0.15, -0.1) is 0 Å². The maximum absolute atomic E-state index is 5.53. The summed E-state index contributed by atoms with van der Waals surface area (Å²) in [5, 5.41) is 0. The van der Waals surface area contributed by atoms with Crippen LogP contribution in [0.4, 0.5) is 0 Å². The van der Waals surface area contributed by atoms with Gasteiger partial charge in [0.15, 0.2) is 0 Å². The van der Waals surface area contributed by atoms with Crippen molar-refractivity contribution in [1.29, 1.82) is 0 Å². The summed E-state index contributed by atoms with van der Waals surface area (Å²) in [6, 6.07) is 2.05. The van der Waals surface area contributed by atoms with Crippen molar-refractivity contribution < 1.29 is 0 Å². The number of aromatic nitrogens is 3. The van der Waals surface area contributed by atoms with Crippen molar-refractivity contribution in [1.82, 2.24) is 14.1 Å². The highest BCUT2D eigenvalue weighted by molar-refractivity contribution is 5.09. The lowest BCUT2D eigenvalue weighted by molar-refractivity contribution is 0.580. The molecule has 2 aromatic rings. The summed E-state index contributed by atoms with van der Waals surface area (Å²) in [7, 11) is 0. The van der Waals surface area contributed by atoms with Crippen LogP contribution in [-0.4, -0.2) is 14.1 Å². The fraction of sp³-hybridized carbons (Fsp3) is 0.300. The summed E-state index contributed by atoms with van der Waals surface area (Å²) in [6.45, 7) is 2.51. The molecule has 0 unspecified atom stereocenters. The Kier molecular flexibility index (Phi) is 2.65. The molecule has 0 atom stereocenters. The Morgan fingerprint density at radius 1 is 1.21 bits per heavy atom. The Labute approximate surface area is 83.0 Å². The molecule has 0 saturated heterocycles. The summed E-state index contributed by atoms with van der Waals surface area (Å²) < 4.78 is 4.20. The molecule has 0 aliphatic carbocycles. The summed E-state index contributed by atoms with van der Waals surface area (Å²) in [6.07, 6.45) is 9.72. The van der Waals surface area contributed by atoms with Crippen LogP contribution < -0.4 is 5.73 Å². The van der Waals surface area contributed by atoms with Gasteiger partial charge in [-0.05, 0) is 11.6 Å². The number of nitrogens with zero attached hydrogens (tertiary/aromatic N) is 3. The summed E-state index contributed by atoms with van der Waals surface area (Å²) >= 11 is 0. The Bertz CT molecular complexity index is 374. The molecule has 2 rings (SSSR count). The molecule has 2 N–H and O–H groups in total. The molecule has 0 radical (unpaired) electrons. The van der Waals surface area contributed by atoms with Gasteiger partial charge < -0.3 is 14.9 Å². The molecule has 4 nitrogen and oxygen atoms in total. The molecule has 0 fully saturated rings. The van der Waals surface area contributed by atoms with E-state index in [9.17, 15) is 0 Å². The van der Waals surface area contributed by atoms with Crippen LogP contribution in [0.5, 0.6) is 0 Å². The summed E-state index contributed by atoms with van der Waals surface area (Å²) in [4.78, 5) is 3.99. The molecule has 0 amide bonds. The molecule has 0 bridgehead atoms. The van der Waals surface area contributed by atoms with E-state index in [2.05, 4.69) is 26.5 Å². The van der Waals surface area contributed by atoms with Crippen LogP contribution in [0.15, 0.2) is 37.2 Å². The summed E-state index contributed by atoms with van der Waals surface area (Å²) in [5.74, 6) is 0. The number of aryl methyl sites for hydroxylation is 2. The van der Waals surface area contributed by atoms with Gasteiger partial charge in [-0.25, -0.2) is 4.98 Å². The van der Waals surface area contributed by atoms with Crippen LogP contribution in [0.25, 0.3) is 0 Å². The average Bonchev–Trinajstić information content (AvgIpc) is 2.86. The first kappa shape index (κ1) is 9.02. The smallest absolute Gasteiger partial charge is 0.0946 e. The van der Waals surface area contributed by atoms with Gasteiger partial charge in [0.25, 0.3) is 0 Å². The lowest BCUT2D eigenvalue weighted by Gasteiger charge is -2.03. The summed E-state index contributed by atoms with van der Waals surface area (Å²) in [5.41, 5.74) is 6.70. The SMILES string of the molecule is NCc1ccn(CCn2ccnc2)c1. The molecule has 4 heteroatoms. The van der Waals surface area contributed by atoms with Crippen molar-refractivity contribution >= 4 is 0 Å². The molecule has 74 valence electrons. The van der Waals surface area contributed by atoms with E-state index in [-0.39, 0.29) is 0 Å². The van der Waals surface area contributed by atoms with Crippen molar-refractivity contribution in [2.45, 2.75) is 19.6 Å². The van der Waals surface area contributed by atoms with Crippen LogP contribution in [0.1, 0.15) is 5.56 Å². The van der Waals surface area contributed by atoms with Crippen LogP contribution in [0, 0.1) is 0 Å². The van der Waals surface area contributed by atoms with Gasteiger partial charge in [0.1, 0.15) is 0 Å². The third-order valence-electron chi connectivity index (χ3n) is 2.22. The number of imidazole rings is 1. The Balaban J connectivity index is 1.92. The molecule has 0 aliphatic rings. The zero-order valence-corrected chi connectivity index (χ0v) is 8.00. The molecule has 0 aromatic carbocycles. The van der Waals surface area contributed by atoms with E-state index in [1.54, 1.807) is 6.20 Å². The number of hydrogen-bond acceptors (Lipinski definition) is 2. The van der Waals surface area contributed by atoms with Gasteiger partial charge in [-0.1, -0.05) is 0 Å². The molecule has 0 aliphatic heterocycles. The van der Waals surface area contributed by atoms with Gasteiger partial charge >= 0.3 is 0 Å². The van der Waals surface area contributed by atoms with Gasteiger partial charge in [-0.2, -0.15) is 0 Å². The van der Waals surface area contributed by atoms with Crippen LogP contribution >= 0.6 is 0 Å². The Morgan fingerprint density at radius 2 is 2.07 bits per heavy atom. The van der Waals surface area contributed by atoms with Crippen molar-refractivity contribution in [3.05, 3.63) is 42.7 Å². The fourth-order valence-electron chi connectivity index (χ4n) is 1.40. The number of rotatable bonds is 4. The first-order chi connectivity index (χ1) is 6.88. The third kappa shape index (κ3) is 2.03. The predicted octanol–water partition coefficient (Wildman–Crippen LogP) is 0.843. The van der Waals surface area contributed by atoms with E-state index in [0.717, 1.165) is 13.1 Å². The van der Waals surface area contributed by atoms with E-state index in [1.807, 2.05) is 18.6 Å². The molecule has 0 spiro atoms. The van der Waals surface area contributed by atoms with Crippen molar-refractivity contribution in [2.24, 2.45) is 5.73 Å². The zero-order valence-electron chi connectivity index (χ0n) is 8.00. The van der Waals surface area contributed by atoms with E-state index in [0.29, 0.717) is 6.54 Å². The van der Waals surface area contributed by atoms with E-state index < -0.39 is 0 Å². The average molecular weight is 190 g/mol. The normalized spacial score (nSPS) is 10.6. The minimum Gasteiger partial charge on any atom is -0.352 e. The minimum atomic E-state index is 0.609. The van der Waals surface area contributed by atoms with Crippen LogP contribution in [0.3, 0.4) is 0 Å². The topological polar surface area (TPSA) is 48.8 Å². The fourth-order valence-corrected chi connectivity index (χ4v) is 1.40. The van der Waals surface area contributed by atoms with Crippen molar-refractivity contribution in [3.8, 4) is 0 Å². The highest BCUT2D eigenvalue weighted by atomic mass is 15.1. The first-order valence-electron chi connectivity index (χ1n) is 4.69. The van der Waals surface area contributed by atoms with Gasteiger partial charge in [0.2, 0.25) is 0 Å².